The van der Waals surface area contributed by atoms with E-state index in [9.17, 15) is 5.26 Å². The lowest BCUT2D eigenvalue weighted by molar-refractivity contribution is -0.135. The first-order valence-electron chi connectivity index (χ1n) is 13.1. The Morgan fingerprint density at radius 1 is 1.14 bits per heavy atom. The molecule has 1 aliphatic rings. The fraction of sp³-hybridized carbons (Fsp3) is 0.276. The smallest absolute Gasteiger partial charge is 0.296 e. The molecule has 5 aromatic rings. The molecule has 6 rings (SSSR count). The number of aromatic nitrogens is 5. The van der Waals surface area contributed by atoms with Gasteiger partial charge in [0.15, 0.2) is 17.5 Å². The highest BCUT2D eigenvalue weighted by Gasteiger charge is 2.46. The summed E-state index contributed by atoms with van der Waals surface area (Å²) < 4.78 is 49.1. The third-order valence-corrected chi connectivity index (χ3v) is 7.06. The molecule has 13 heteroatoms. The van der Waals surface area contributed by atoms with E-state index in [1.807, 2.05) is 13.0 Å². The molecule has 0 amide bonds. The van der Waals surface area contributed by atoms with Crippen LogP contribution in [0.5, 0.6) is 23.1 Å². The maximum absolute atomic E-state index is 15.0. The lowest BCUT2D eigenvalue weighted by Gasteiger charge is -2.36. The zero-order valence-corrected chi connectivity index (χ0v) is 23.0. The van der Waals surface area contributed by atoms with Gasteiger partial charge >= 0.3 is 0 Å². The molecule has 0 aliphatic carbocycles. The first-order valence-corrected chi connectivity index (χ1v) is 13.1. The molecule has 42 heavy (non-hydrogen) atoms. The molecule has 1 atom stereocenters. The van der Waals surface area contributed by atoms with Crippen LogP contribution in [0.3, 0.4) is 0 Å². The van der Waals surface area contributed by atoms with E-state index in [0.29, 0.717) is 46.0 Å². The van der Waals surface area contributed by atoms with Crippen molar-refractivity contribution in [2.45, 2.75) is 25.4 Å². The maximum Gasteiger partial charge on any atom is 0.296 e. The van der Waals surface area contributed by atoms with Crippen molar-refractivity contribution in [1.82, 2.24) is 29.5 Å². The number of rotatable bonds is 7. The molecule has 4 aromatic heterocycles. The number of benzene rings is 1. The fourth-order valence-corrected chi connectivity index (χ4v) is 4.96. The van der Waals surface area contributed by atoms with Crippen LogP contribution < -0.4 is 19.5 Å². The topological polar surface area (TPSA) is 123 Å². The van der Waals surface area contributed by atoms with Gasteiger partial charge in [0.2, 0.25) is 0 Å². The molecule has 1 aromatic carbocycles. The Labute approximate surface area is 239 Å². The number of nitrogens with one attached hydrogen (secondary N) is 1. The van der Waals surface area contributed by atoms with Crippen LogP contribution in [0.15, 0.2) is 55.2 Å². The number of fused-ring (bicyclic) bond motifs is 2. The quantitative estimate of drug-likeness (QED) is 0.281. The second-order valence-electron chi connectivity index (χ2n) is 10.0. The number of methoxy groups -OCH3 is 1. The summed E-state index contributed by atoms with van der Waals surface area (Å²) in [6.45, 7) is 1.88. The summed E-state index contributed by atoms with van der Waals surface area (Å²) in [4.78, 5) is 14.3. The molecule has 11 nitrogen and oxygen atoms in total. The first kappa shape index (κ1) is 27.1. The van der Waals surface area contributed by atoms with Crippen LogP contribution >= 0.6 is 0 Å². The molecule has 1 saturated heterocycles. The molecular formula is C29H26F2N8O3. The fourth-order valence-electron chi connectivity index (χ4n) is 4.96. The van der Waals surface area contributed by atoms with Gasteiger partial charge in [-0.15, -0.1) is 0 Å². The molecule has 0 radical (unpaired) electrons. The van der Waals surface area contributed by atoms with Gasteiger partial charge in [-0.2, -0.15) is 10.4 Å². The Kier molecular flexibility index (Phi) is 6.91. The Balaban J connectivity index is 1.37. The van der Waals surface area contributed by atoms with Gasteiger partial charge < -0.3 is 24.4 Å². The molecule has 5 heterocycles. The van der Waals surface area contributed by atoms with Crippen molar-refractivity contribution >= 4 is 27.9 Å². The van der Waals surface area contributed by atoms with Gasteiger partial charge in [-0.25, -0.2) is 23.3 Å². The average molecular weight is 573 g/mol. The van der Waals surface area contributed by atoms with Crippen molar-refractivity contribution in [1.29, 1.82) is 5.26 Å². The summed E-state index contributed by atoms with van der Waals surface area (Å²) in [6.07, 6.45) is 4.76. The number of ether oxygens (including phenoxy) is 3. The monoisotopic (exact) mass is 572 g/mol. The van der Waals surface area contributed by atoms with Crippen molar-refractivity contribution in [3.05, 3.63) is 66.4 Å². The van der Waals surface area contributed by atoms with Gasteiger partial charge in [-0.05, 0) is 43.8 Å². The lowest BCUT2D eigenvalue weighted by atomic mass is 10.0. The number of anilines is 2. The molecular weight excluding hydrogens is 546 g/mol. The highest BCUT2D eigenvalue weighted by molar-refractivity contribution is 6.01. The highest BCUT2D eigenvalue weighted by atomic mass is 19.3. The van der Waals surface area contributed by atoms with E-state index in [0.717, 1.165) is 5.56 Å². The largest absolute Gasteiger partial charge is 0.478 e. The van der Waals surface area contributed by atoms with Crippen LogP contribution in [0.4, 0.5) is 20.2 Å². The van der Waals surface area contributed by atoms with Gasteiger partial charge in [0.05, 0.1) is 42.0 Å². The van der Waals surface area contributed by atoms with Crippen LogP contribution in [0.2, 0.25) is 0 Å². The van der Waals surface area contributed by atoms with Gasteiger partial charge in [-0.1, -0.05) is 0 Å². The predicted molar refractivity (Wildman–Crippen MR) is 150 cm³/mol. The maximum atomic E-state index is 15.0. The Bertz CT molecular complexity index is 1840. The second kappa shape index (κ2) is 10.7. The standard InChI is InChI=1S/C29H26F2N8O3/c1-17-10-19(4-5-22(17)41-20-6-9-39-24(11-20)35-16-36-39)37-26-18(12-32)13-33-21-14-34-28(40-3)27(25(21)26)42-23-7-8-38(2)15-29(23,30)31/h4-6,9-11,13-14,16,23H,7-8,15H2,1-3H3,(H,33,37)/t23-/m0/s1. The van der Waals surface area contributed by atoms with Crippen molar-refractivity contribution in [3.8, 4) is 29.2 Å². The molecule has 0 spiro atoms. The van der Waals surface area contributed by atoms with Gasteiger partial charge in [0.25, 0.3) is 11.8 Å². The molecule has 1 fully saturated rings. The first-order chi connectivity index (χ1) is 20.3. The van der Waals surface area contributed by atoms with Crippen LogP contribution in [-0.4, -0.2) is 68.7 Å². The summed E-state index contributed by atoms with van der Waals surface area (Å²) in [7, 11) is 3.02. The minimum absolute atomic E-state index is 0.00289. The zero-order chi connectivity index (χ0) is 29.4. The predicted octanol–water partition coefficient (Wildman–Crippen LogP) is 5.12. The molecule has 0 saturated carbocycles. The minimum atomic E-state index is -3.11. The van der Waals surface area contributed by atoms with Crippen LogP contribution in [-0.2, 0) is 0 Å². The summed E-state index contributed by atoms with van der Waals surface area (Å²) in [5.74, 6) is -1.89. The third kappa shape index (κ3) is 5.08. The molecule has 1 N–H and O–H groups in total. The van der Waals surface area contributed by atoms with E-state index in [1.165, 1.54) is 25.8 Å². The Morgan fingerprint density at radius 3 is 2.76 bits per heavy atom. The normalized spacial score (nSPS) is 16.7. The second-order valence-corrected chi connectivity index (χ2v) is 10.0. The number of aryl methyl sites for hydroxylation is 1. The summed E-state index contributed by atoms with van der Waals surface area (Å²) in [6, 6.07) is 11.1. The van der Waals surface area contributed by atoms with Gasteiger partial charge in [0.1, 0.15) is 23.9 Å². The van der Waals surface area contributed by atoms with E-state index < -0.39 is 18.6 Å². The van der Waals surface area contributed by atoms with E-state index in [4.69, 9.17) is 14.2 Å². The number of nitrogens with zero attached hydrogens (tertiary/aromatic N) is 7. The summed E-state index contributed by atoms with van der Waals surface area (Å²) in [5, 5.41) is 17.6. The van der Waals surface area contributed by atoms with E-state index >= 15 is 8.78 Å². The van der Waals surface area contributed by atoms with Crippen molar-refractivity contribution in [2.24, 2.45) is 0 Å². The Hall–Kier alpha value is -5.09. The van der Waals surface area contributed by atoms with Crippen LogP contribution in [0, 0.1) is 18.3 Å². The summed E-state index contributed by atoms with van der Waals surface area (Å²) >= 11 is 0. The number of piperidine rings is 1. The third-order valence-electron chi connectivity index (χ3n) is 7.06. The number of pyridine rings is 3. The molecule has 0 bridgehead atoms. The average Bonchev–Trinajstić information content (AvgIpc) is 3.44. The minimum Gasteiger partial charge on any atom is -0.478 e. The lowest BCUT2D eigenvalue weighted by Crippen LogP contribution is -2.52. The van der Waals surface area contributed by atoms with Gasteiger partial charge in [0, 0.05) is 37.1 Å². The van der Waals surface area contributed by atoms with E-state index in [2.05, 4.69) is 31.4 Å². The molecule has 1 aliphatic heterocycles. The number of likely N-dealkylation sites (tertiary alicyclic amines) is 1. The number of halogens is 2. The number of nitriles is 1. The van der Waals surface area contributed by atoms with Gasteiger partial charge in [-0.3, -0.25) is 4.98 Å². The summed E-state index contributed by atoms with van der Waals surface area (Å²) in [5.41, 5.74) is 2.96. The van der Waals surface area contributed by atoms with E-state index in [-0.39, 0.29) is 23.6 Å². The van der Waals surface area contributed by atoms with Crippen LogP contribution in [0.25, 0.3) is 16.6 Å². The van der Waals surface area contributed by atoms with Crippen molar-refractivity contribution < 1.29 is 23.0 Å². The highest BCUT2D eigenvalue weighted by Crippen LogP contribution is 2.43. The number of hydrogen-bond donors (Lipinski definition) is 1. The van der Waals surface area contributed by atoms with Crippen LogP contribution in [0.1, 0.15) is 17.5 Å². The van der Waals surface area contributed by atoms with Crippen molar-refractivity contribution in [3.63, 3.8) is 0 Å². The number of alkyl halides is 2. The molecule has 0 unspecified atom stereocenters. The zero-order valence-electron chi connectivity index (χ0n) is 23.0. The van der Waals surface area contributed by atoms with E-state index in [1.54, 1.807) is 46.9 Å². The SMILES string of the molecule is COc1ncc2ncc(C#N)c(Nc3ccc(Oc4ccn5ncnc5c4)c(C)c3)c2c1O[C@H]1CCN(C)CC1(F)F. The molecule has 214 valence electrons. The Morgan fingerprint density at radius 2 is 2.00 bits per heavy atom. The number of hydrogen-bond acceptors (Lipinski definition) is 10. The van der Waals surface area contributed by atoms with Crippen molar-refractivity contribution in [2.75, 3.05) is 32.6 Å².